The Labute approximate surface area is 198 Å². The maximum absolute atomic E-state index is 13.8. The van der Waals surface area contributed by atoms with Gasteiger partial charge < -0.3 is 14.4 Å². The SMILES string of the molecule is [2H]C([2H])([2H])c1cc(C(=O)N(NC(=O)c2ccc3c(c2C)OCCOB3O)C(C)(C)CC)cc(C([2H])([2H])[2H])c1. The monoisotopic (exact) mass is 444 g/mol. The summed E-state index contributed by atoms with van der Waals surface area (Å²) >= 11 is 0. The Bertz CT molecular complexity index is 1200. The van der Waals surface area contributed by atoms with Crippen molar-refractivity contribution in [2.45, 2.75) is 53.4 Å². The molecule has 7 nitrogen and oxygen atoms in total. The summed E-state index contributed by atoms with van der Waals surface area (Å²) in [5.41, 5.74) is 1.89. The molecule has 1 aliphatic rings. The highest BCUT2D eigenvalue weighted by molar-refractivity contribution is 6.61. The summed E-state index contributed by atoms with van der Waals surface area (Å²) in [7, 11) is -1.21. The number of nitrogens with zero attached hydrogens (tertiary/aromatic N) is 1. The van der Waals surface area contributed by atoms with Crippen LogP contribution in [0, 0.1) is 20.6 Å². The number of carbonyl (C=O) groups is 2. The van der Waals surface area contributed by atoms with Crippen LogP contribution in [0.5, 0.6) is 5.75 Å². The molecule has 170 valence electrons. The number of aryl methyl sites for hydroxylation is 2. The molecule has 0 bridgehead atoms. The zero-order chi connectivity index (χ0) is 28.6. The van der Waals surface area contributed by atoms with Crippen molar-refractivity contribution in [1.82, 2.24) is 10.4 Å². The van der Waals surface area contributed by atoms with E-state index in [0.717, 1.165) is 23.2 Å². The Morgan fingerprint density at radius 1 is 1.22 bits per heavy atom. The van der Waals surface area contributed by atoms with Gasteiger partial charge in [-0.2, -0.15) is 0 Å². The van der Waals surface area contributed by atoms with Crippen LogP contribution in [0.2, 0.25) is 0 Å². The van der Waals surface area contributed by atoms with Gasteiger partial charge in [0.15, 0.2) is 0 Å². The van der Waals surface area contributed by atoms with Gasteiger partial charge in [0.25, 0.3) is 11.8 Å². The molecule has 0 saturated carbocycles. The third kappa shape index (κ3) is 4.81. The van der Waals surface area contributed by atoms with Gasteiger partial charge in [-0.1, -0.05) is 30.2 Å². The lowest BCUT2D eigenvalue weighted by molar-refractivity contribution is 0.0307. The van der Waals surface area contributed by atoms with E-state index in [0.29, 0.717) is 23.2 Å². The largest absolute Gasteiger partial charge is 0.495 e. The van der Waals surface area contributed by atoms with Crippen molar-refractivity contribution in [2.75, 3.05) is 13.2 Å². The van der Waals surface area contributed by atoms with E-state index >= 15 is 0 Å². The standard InChI is InChI=1S/C24H31BN2O5/c1-7-24(5,6)27(23(29)18-13-15(2)12-16(3)14-18)26-22(28)19-8-9-20-21(17(19)4)31-10-11-32-25(20)30/h8-9,12-14,30H,7,10-11H2,1-6H3,(H,26,28)/i2D3,3D3. The first kappa shape index (κ1) is 16.7. The Morgan fingerprint density at radius 3 is 2.53 bits per heavy atom. The van der Waals surface area contributed by atoms with Crippen LogP contribution in [0.3, 0.4) is 0 Å². The lowest BCUT2D eigenvalue weighted by Gasteiger charge is -2.38. The maximum atomic E-state index is 13.8. The molecule has 2 amide bonds. The number of rotatable bonds is 4. The third-order valence-electron chi connectivity index (χ3n) is 5.62. The van der Waals surface area contributed by atoms with Gasteiger partial charge in [0.2, 0.25) is 0 Å². The van der Waals surface area contributed by atoms with E-state index in [2.05, 4.69) is 5.43 Å². The van der Waals surface area contributed by atoms with E-state index < -0.39 is 38.2 Å². The highest BCUT2D eigenvalue weighted by Crippen LogP contribution is 2.24. The lowest BCUT2D eigenvalue weighted by atomic mass is 9.77. The second-order valence-electron chi connectivity index (χ2n) is 8.27. The smallest absolute Gasteiger partial charge is 0.491 e. The number of hydrogen-bond acceptors (Lipinski definition) is 5. The molecular formula is C24H31BN2O5. The average molecular weight is 444 g/mol. The first-order valence-corrected chi connectivity index (χ1v) is 10.3. The first-order valence-electron chi connectivity index (χ1n) is 13.3. The van der Waals surface area contributed by atoms with Crippen molar-refractivity contribution < 1.29 is 32.2 Å². The van der Waals surface area contributed by atoms with Gasteiger partial charge in [-0.25, -0.2) is 5.01 Å². The van der Waals surface area contributed by atoms with E-state index in [-0.39, 0.29) is 35.5 Å². The van der Waals surface area contributed by atoms with Crippen molar-refractivity contribution in [3.05, 3.63) is 58.1 Å². The predicted octanol–water partition coefficient (Wildman–Crippen LogP) is 2.68. The molecule has 8 heteroatoms. The number of amides is 2. The molecule has 0 aliphatic carbocycles. The van der Waals surface area contributed by atoms with Crippen LogP contribution in [0.4, 0.5) is 0 Å². The zero-order valence-corrected chi connectivity index (χ0v) is 18.6. The van der Waals surface area contributed by atoms with Gasteiger partial charge in [0.1, 0.15) is 12.4 Å². The first-order chi connectivity index (χ1) is 17.5. The van der Waals surface area contributed by atoms with Gasteiger partial charge in [-0.15, -0.1) is 0 Å². The molecule has 2 aromatic rings. The Morgan fingerprint density at radius 2 is 1.91 bits per heavy atom. The highest BCUT2D eigenvalue weighted by atomic mass is 16.6. The summed E-state index contributed by atoms with van der Waals surface area (Å²) in [6.45, 7) is 1.91. The normalized spacial score (nSPS) is 17.2. The van der Waals surface area contributed by atoms with Crippen molar-refractivity contribution >= 4 is 24.4 Å². The number of benzene rings is 2. The molecule has 32 heavy (non-hydrogen) atoms. The number of hydrazine groups is 1. The summed E-state index contributed by atoms with van der Waals surface area (Å²) < 4.78 is 57.4. The number of hydrogen-bond donors (Lipinski definition) is 2. The minimum atomic E-state index is -2.65. The molecule has 0 unspecified atom stereocenters. The average Bonchev–Trinajstić information content (AvgIpc) is 3.02. The molecule has 0 fully saturated rings. The Hall–Kier alpha value is -2.84. The maximum Gasteiger partial charge on any atom is 0.495 e. The molecule has 2 N–H and O–H groups in total. The minimum Gasteiger partial charge on any atom is -0.491 e. The van der Waals surface area contributed by atoms with Crippen LogP contribution in [0.15, 0.2) is 30.3 Å². The predicted molar refractivity (Wildman–Crippen MR) is 124 cm³/mol. The molecule has 0 saturated heterocycles. The molecule has 0 radical (unpaired) electrons. The molecule has 0 spiro atoms. The van der Waals surface area contributed by atoms with Gasteiger partial charge in [0.05, 0.1) is 12.1 Å². The zero-order valence-electron chi connectivity index (χ0n) is 24.6. The van der Waals surface area contributed by atoms with E-state index in [4.69, 9.17) is 17.6 Å². The van der Waals surface area contributed by atoms with Gasteiger partial charge in [-0.3, -0.25) is 15.0 Å². The topological polar surface area (TPSA) is 88.1 Å². The third-order valence-corrected chi connectivity index (χ3v) is 5.62. The van der Waals surface area contributed by atoms with Crippen molar-refractivity contribution in [3.63, 3.8) is 0 Å². The fraction of sp³-hybridized carbons (Fsp3) is 0.417. The van der Waals surface area contributed by atoms with Crippen molar-refractivity contribution in [3.8, 4) is 5.75 Å². The van der Waals surface area contributed by atoms with Crippen LogP contribution >= 0.6 is 0 Å². The van der Waals surface area contributed by atoms with Gasteiger partial charge >= 0.3 is 7.12 Å². The van der Waals surface area contributed by atoms with E-state index in [1.807, 2.05) is 6.92 Å². The number of ether oxygens (including phenoxy) is 1. The van der Waals surface area contributed by atoms with Gasteiger partial charge in [-0.05, 0) is 59.1 Å². The van der Waals surface area contributed by atoms with Crippen molar-refractivity contribution in [2.24, 2.45) is 0 Å². The number of fused-ring (bicyclic) bond motifs is 1. The summed E-state index contributed by atoms with van der Waals surface area (Å²) in [4.78, 5) is 27.2. The minimum absolute atomic E-state index is 0.164. The van der Waals surface area contributed by atoms with Crippen LogP contribution < -0.4 is 15.6 Å². The summed E-state index contributed by atoms with van der Waals surface area (Å²) in [6.07, 6.45) is 0.403. The molecular weight excluding hydrogens is 407 g/mol. The van der Waals surface area contributed by atoms with Gasteiger partial charge in [0, 0.05) is 30.4 Å². The number of nitrogens with one attached hydrogen (secondary N) is 1. The van der Waals surface area contributed by atoms with E-state index in [1.54, 1.807) is 20.8 Å². The summed E-state index contributed by atoms with van der Waals surface area (Å²) in [6, 6.07) is 6.28. The molecule has 2 aromatic carbocycles. The molecule has 3 rings (SSSR count). The van der Waals surface area contributed by atoms with Crippen LogP contribution in [0.1, 0.15) is 72.8 Å². The van der Waals surface area contributed by atoms with E-state index in [1.165, 1.54) is 12.1 Å². The van der Waals surface area contributed by atoms with Crippen LogP contribution in [-0.2, 0) is 4.65 Å². The second-order valence-corrected chi connectivity index (χ2v) is 8.27. The quantitative estimate of drug-likeness (QED) is 0.559. The summed E-state index contributed by atoms with van der Waals surface area (Å²) in [5.74, 6) is -1.11. The summed E-state index contributed by atoms with van der Waals surface area (Å²) in [5, 5.41) is 11.3. The fourth-order valence-corrected chi connectivity index (χ4v) is 3.41. The Balaban J connectivity index is 2.05. The number of carbonyl (C=O) groups excluding carboxylic acids is 2. The molecule has 0 aromatic heterocycles. The second kappa shape index (κ2) is 9.34. The molecule has 0 atom stereocenters. The fourth-order valence-electron chi connectivity index (χ4n) is 3.41. The van der Waals surface area contributed by atoms with Crippen molar-refractivity contribution in [1.29, 1.82) is 0 Å². The Kier molecular flexibility index (Phi) is 4.89. The lowest BCUT2D eigenvalue weighted by Crippen LogP contribution is -2.57. The molecule has 1 heterocycles. The molecule has 1 aliphatic heterocycles. The highest BCUT2D eigenvalue weighted by Gasteiger charge is 2.34. The van der Waals surface area contributed by atoms with E-state index in [9.17, 15) is 14.6 Å². The van der Waals surface area contributed by atoms with Crippen LogP contribution in [0.25, 0.3) is 0 Å². The van der Waals surface area contributed by atoms with Crippen LogP contribution in [-0.4, -0.2) is 47.7 Å².